The smallest absolute Gasteiger partial charge is 0.255 e. The number of ether oxygens (including phenoxy) is 2. The van der Waals surface area contributed by atoms with Gasteiger partial charge in [0.25, 0.3) is 5.91 Å². The van der Waals surface area contributed by atoms with Crippen LogP contribution in [0.4, 0.5) is 5.82 Å². The van der Waals surface area contributed by atoms with Gasteiger partial charge < -0.3 is 25.2 Å². The number of aromatic nitrogens is 1. The lowest BCUT2D eigenvalue weighted by atomic mass is 9.73. The van der Waals surface area contributed by atoms with Crippen LogP contribution in [0.5, 0.6) is 11.5 Å². The molecule has 0 radical (unpaired) electrons. The summed E-state index contributed by atoms with van der Waals surface area (Å²) in [5.74, 6) is 1.47. The molecule has 190 valence electrons. The molecule has 3 N–H and O–H groups in total. The van der Waals surface area contributed by atoms with E-state index in [4.69, 9.17) is 15.2 Å². The predicted octanol–water partition coefficient (Wildman–Crippen LogP) is 5.01. The SMILES string of the molecule is COCCCC[C@@](O)(c1ccccc1Oc1ccccc1)[C@@H]1CCCN(C(=O)c2ccc(N)nc2)C1. The van der Waals surface area contributed by atoms with Crippen LogP contribution >= 0.6 is 0 Å². The Hall–Kier alpha value is -3.42. The van der Waals surface area contributed by atoms with Crippen LogP contribution in [0.25, 0.3) is 0 Å². The standard InChI is InChI=1S/C29H35N3O4/c1-35-19-8-7-17-29(34,25-13-5-6-14-26(25)36-24-11-3-2-4-12-24)23-10-9-18-32(21-23)28(33)22-15-16-27(30)31-20-22/h2-6,11-16,20,23,34H,7-10,17-19,21H2,1H3,(H2,30,31)/t23-,29+/m1/s1. The van der Waals surface area contributed by atoms with E-state index >= 15 is 0 Å². The molecule has 4 rings (SSSR count). The van der Waals surface area contributed by atoms with Gasteiger partial charge in [-0.15, -0.1) is 0 Å². The number of nitrogens with two attached hydrogens (primary N) is 1. The van der Waals surface area contributed by atoms with Crippen LogP contribution in [0, 0.1) is 5.92 Å². The first-order chi connectivity index (χ1) is 17.5. The molecule has 1 fully saturated rings. The predicted molar refractivity (Wildman–Crippen MR) is 140 cm³/mol. The van der Waals surface area contributed by atoms with E-state index < -0.39 is 5.60 Å². The number of nitrogen functional groups attached to an aromatic ring is 1. The average molecular weight is 490 g/mol. The van der Waals surface area contributed by atoms with Crippen molar-refractivity contribution in [2.75, 3.05) is 32.5 Å². The second-order valence-electron chi connectivity index (χ2n) is 9.35. The quantitative estimate of drug-likeness (QED) is 0.389. The maximum atomic E-state index is 13.2. The van der Waals surface area contributed by atoms with E-state index in [2.05, 4.69) is 4.98 Å². The Morgan fingerprint density at radius 1 is 1.11 bits per heavy atom. The average Bonchev–Trinajstić information content (AvgIpc) is 2.92. The number of nitrogens with zero attached hydrogens (tertiary/aromatic N) is 2. The van der Waals surface area contributed by atoms with Gasteiger partial charge in [0.05, 0.1) is 11.2 Å². The number of piperidine rings is 1. The van der Waals surface area contributed by atoms with Gasteiger partial charge in [0.2, 0.25) is 0 Å². The van der Waals surface area contributed by atoms with Crippen LogP contribution in [0.15, 0.2) is 72.9 Å². The largest absolute Gasteiger partial charge is 0.457 e. The molecule has 0 aliphatic carbocycles. The molecule has 2 atom stereocenters. The van der Waals surface area contributed by atoms with Crippen molar-refractivity contribution in [3.8, 4) is 11.5 Å². The summed E-state index contributed by atoms with van der Waals surface area (Å²) < 4.78 is 11.5. The highest BCUT2D eigenvalue weighted by molar-refractivity contribution is 5.94. The molecule has 3 aromatic rings. The Morgan fingerprint density at radius 3 is 2.64 bits per heavy atom. The van der Waals surface area contributed by atoms with E-state index in [1.165, 1.54) is 6.20 Å². The van der Waals surface area contributed by atoms with E-state index in [-0.39, 0.29) is 11.8 Å². The van der Waals surface area contributed by atoms with E-state index in [1.54, 1.807) is 19.2 Å². The number of anilines is 1. The summed E-state index contributed by atoms with van der Waals surface area (Å²) in [4.78, 5) is 19.1. The number of unbranched alkanes of at least 4 members (excludes halogenated alkanes) is 1. The number of amides is 1. The fraction of sp³-hybridized carbons (Fsp3) is 0.379. The molecule has 0 saturated carbocycles. The topological polar surface area (TPSA) is 97.9 Å². The van der Waals surface area contributed by atoms with Crippen LogP contribution in [-0.2, 0) is 10.3 Å². The molecule has 7 heteroatoms. The van der Waals surface area contributed by atoms with Gasteiger partial charge in [-0.3, -0.25) is 4.79 Å². The minimum Gasteiger partial charge on any atom is -0.457 e. The molecule has 2 heterocycles. The van der Waals surface area contributed by atoms with Gasteiger partial charge in [-0.25, -0.2) is 4.98 Å². The normalized spacial score (nSPS) is 17.4. The Kier molecular flexibility index (Phi) is 8.57. The van der Waals surface area contributed by atoms with Crippen molar-refractivity contribution >= 4 is 11.7 Å². The zero-order chi connectivity index (χ0) is 25.4. The highest BCUT2D eigenvalue weighted by atomic mass is 16.5. The van der Waals surface area contributed by atoms with Crippen molar-refractivity contribution in [2.24, 2.45) is 5.92 Å². The van der Waals surface area contributed by atoms with Crippen molar-refractivity contribution in [3.63, 3.8) is 0 Å². The minimum absolute atomic E-state index is 0.0947. The molecule has 1 aromatic heterocycles. The summed E-state index contributed by atoms with van der Waals surface area (Å²) in [5, 5.41) is 12.4. The lowest BCUT2D eigenvalue weighted by Crippen LogP contribution is -2.48. The Morgan fingerprint density at radius 2 is 1.89 bits per heavy atom. The fourth-order valence-corrected chi connectivity index (χ4v) is 4.99. The third-order valence-corrected chi connectivity index (χ3v) is 6.90. The van der Waals surface area contributed by atoms with E-state index in [9.17, 15) is 9.90 Å². The molecular weight excluding hydrogens is 454 g/mol. The summed E-state index contributed by atoms with van der Waals surface area (Å²) in [5.41, 5.74) is 5.78. The number of rotatable bonds is 10. The van der Waals surface area contributed by atoms with Gasteiger partial charge in [-0.2, -0.15) is 0 Å². The summed E-state index contributed by atoms with van der Waals surface area (Å²) in [6.07, 6.45) is 5.30. The van der Waals surface area contributed by atoms with Crippen molar-refractivity contribution in [1.82, 2.24) is 9.88 Å². The Balaban J connectivity index is 1.62. The molecule has 1 aliphatic rings. The van der Waals surface area contributed by atoms with Crippen LogP contribution in [-0.4, -0.2) is 47.7 Å². The van der Waals surface area contributed by atoms with Crippen LogP contribution in [0.2, 0.25) is 0 Å². The number of carbonyl (C=O) groups is 1. The number of likely N-dealkylation sites (tertiary alicyclic amines) is 1. The van der Waals surface area contributed by atoms with Crippen molar-refractivity contribution in [3.05, 3.63) is 84.1 Å². The Bertz CT molecular complexity index is 1120. The van der Waals surface area contributed by atoms with Gasteiger partial charge in [-0.05, 0) is 62.4 Å². The molecule has 7 nitrogen and oxygen atoms in total. The molecule has 1 amide bonds. The number of aliphatic hydroxyl groups is 1. The number of hydrogen-bond acceptors (Lipinski definition) is 6. The first-order valence-electron chi connectivity index (χ1n) is 12.6. The van der Waals surface area contributed by atoms with Crippen LogP contribution in [0.3, 0.4) is 0 Å². The van der Waals surface area contributed by atoms with E-state index in [0.29, 0.717) is 49.0 Å². The molecule has 0 spiro atoms. The van der Waals surface area contributed by atoms with Crippen LogP contribution in [0.1, 0.15) is 48.0 Å². The number of benzene rings is 2. The van der Waals surface area contributed by atoms with Gasteiger partial charge in [0, 0.05) is 44.5 Å². The maximum Gasteiger partial charge on any atom is 0.255 e. The first-order valence-corrected chi connectivity index (χ1v) is 12.6. The lowest BCUT2D eigenvalue weighted by Gasteiger charge is -2.43. The number of carbonyl (C=O) groups excluding carboxylic acids is 1. The molecule has 0 unspecified atom stereocenters. The van der Waals surface area contributed by atoms with Crippen molar-refractivity contribution < 1.29 is 19.4 Å². The number of para-hydroxylation sites is 2. The lowest BCUT2D eigenvalue weighted by molar-refractivity contribution is -0.0589. The zero-order valence-electron chi connectivity index (χ0n) is 20.8. The molecule has 36 heavy (non-hydrogen) atoms. The van der Waals surface area contributed by atoms with Gasteiger partial charge in [0.15, 0.2) is 0 Å². The fourth-order valence-electron chi connectivity index (χ4n) is 4.99. The molecule has 0 bridgehead atoms. The number of methoxy groups -OCH3 is 1. The summed E-state index contributed by atoms with van der Waals surface area (Å²) in [6, 6.07) is 20.6. The number of pyridine rings is 1. The number of hydrogen-bond donors (Lipinski definition) is 2. The molecule has 1 aliphatic heterocycles. The third-order valence-electron chi connectivity index (χ3n) is 6.90. The monoisotopic (exact) mass is 489 g/mol. The summed E-state index contributed by atoms with van der Waals surface area (Å²) in [7, 11) is 1.69. The molecule has 2 aromatic carbocycles. The van der Waals surface area contributed by atoms with E-state index in [1.807, 2.05) is 59.5 Å². The van der Waals surface area contributed by atoms with Crippen molar-refractivity contribution in [1.29, 1.82) is 0 Å². The minimum atomic E-state index is -1.17. The van der Waals surface area contributed by atoms with Crippen LogP contribution < -0.4 is 10.5 Å². The Labute approximate surface area is 212 Å². The van der Waals surface area contributed by atoms with Gasteiger partial charge in [-0.1, -0.05) is 36.4 Å². The molecular formula is C29H35N3O4. The first kappa shape index (κ1) is 25.7. The van der Waals surface area contributed by atoms with E-state index in [0.717, 1.165) is 31.2 Å². The van der Waals surface area contributed by atoms with Gasteiger partial charge in [0.1, 0.15) is 17.3 Å². The summed E-state index contributed by atoms with van der Waals surface area (Å²) >= 11 is 0. The molecule has 1 saturated heterocycles. The van der Waals surface area contributed by atoms with Gasteiger partial charge >= 0.3 is 0 Å². The maximum absolute atomic E-state index is 13.2. The highest BCUT2D eigenvalue weighted by Crippen LogP contribution is 2.44. The van der Waals surface area contributed by atoms with Crippen molar-refractivity contribution in [2.45, 2.75) is 37.7 Å². The highest BCUT2D eigenvalue weighted by Gasteiger charge is 2.43. The second kappa shape index (κ2) is 12.0. The zero-order valence-corrected chi connectivity index (χ0v) is 20.8. The second-order valence-corrected chi connectivity index (χ2v) is 9.35. The summed E-state index contributed by atoms with van der Waals surface area (Å²) in [6.45, 7) is 1.73. The third kappa shape index (κ3) is 6.04.